The zero-order valence-electron chi connectivity index (χ0n) is 21.4. The zero-order valence-corrected chi connectivity index (χ0v) is 21.4. The molecule has 9 nitrogen and oxygen atoms in total. The normalized spacial score (nSPS) is 18.7. The Kier molecular flexibility index (Phi) is 11.0. The van der Waals surface area contributed by atoms with Crippen LogP contribution in [0.3, 0.4) is 0 Å². The molecule has 9 heteroatoms. The molecule has 1 aromatic rings. The number of esters is 2. The number of carbonyl (C=O) groups excluding carboxylic acids is 4. The fourth-order valence-electron chi connectivity index (χ4n) is 4.39. The Morgan fingerprint density at radius 2 is 1.89 bits per heavy atom. The highest BCUT2D eigenvalue weighted by molar-refractivity contribution is 5.87. The summed E-state index contributed by atoms with van der Waals surface area (Å²) in [7, 11) is 2.81. The van der Waals surface area contributed by atoms with Crippen molar-refractivity contribution in [2.45, 2.75) is 65.0 Å². The summed E-state index contributed by atoms with van der Waals surface area (Å²) in [6, 6.07) is 5.94. The molecule has 0 saturated carbocycles. The summed E-state index contributed by atoms with van der Waals surface area (Å²) in [4.78, 5) is 52.2. The maximum absolute atomic E-state index is 13.2. The summed E-state index contributed by atoms with van der Waals surface area (Å²) in [6.07, 6.45) is 2.63. The summed E-state index contributed by atoms with van der Waals surface area (Å²) < 4.78 is 15.7. The minimum Gasteiger partial charge on any atom is -0.496 e. The molecule has 1 heterocycles. The molecule has 1 aliphatic heterocycles. The van der Waals surface area contributed by atoms with Crippen LogP contribution in [0.5, 0.6) is 5.75 Å². The van der Waals surface area contributed by atoms with Crippen molar-refractivity contribution in [2.75, 3.05) is 27.4 Å². The van der Waals surface area contributed by atoms with Gasteiger partial charge in [0.25, 0.3) is 5.91 Å². The molecule has 0 aliphatic carbocycles. The maximum atomic E-state index is 13.2. The molecule has 3 unspecified atom stereocenters. The third-order valence-corrected chi connectivity index (χ3v) is 6.09. The van der Waals surface area contributed by atoms with Gasteiger partial charge in [-0.05, 0) is 31.2 Å². The van der Waals surface area contributed by atoms with E-state index in [0.29, 0.717) is 25.1 Å². The van der Waals surface area contributed by atoms with E-state index in [1.807, 2.05) is 39.0 Å². The van der Waals surface area contributed by atoms with Crippen LogP contribution in [0.4, 0.5) is 0 Å². The fraction of sp³-hybridized carbons (Fsp3) is 0.615. The predicted molar refractivity (Wildman–Crippen MR) is 129 cm³/mol. The molecule has 0 radical (unpaired) electrons. The predicted octanol–water partition coefficient (Wildman–Crippen LogP) is 3.02. The lowest BCUT2D eigenvalue weighted by Gasteiger charge is -2.40. The lowest BCUT2D eigenvalue weighted by molar-refractivity contribution is -0.160. The second-order valence-electron chi connectivity index (χ2n) is 9.15. The maximum Gasteiger partial charge on any atom is 0.328 e. The molecule has 35 heavy (non-hydrogen) atoms. The molecule has 2 rings (SSSR count). The quantitative estimate of drug-likeness (QED) is 0.448. The monoisotopic (exact) mass is 490 g/mol. The van der Waals surface area contributed by atoms with E-state index < -0.39 is 42.5 Å². The van der Waals surface area contributed by atoms with Gasteiger partial charge in [0.2, 0.25) is 5.91 Å². The van der Waals surface area contributed by atoms with Crippen molar-refractivity contribution in [1.29, 1.82) is 0 Å². The Labute approximate surface area is 207 Å². The van der Waals surface area contributed by atoms with E-state index >= 15 is 0 Å². The molecule has 2 amide bonds. The van der Waals surface area contributed by atoms with Gasteiger partial charge in [-0.25, -0.2) is 4.79 Å². The van der Waals surface area contributed by atoms with Gasteiger partial charge < -0.3 is 24.4 Å². The average molecular weight is 491 g/mol. The third-order valence-electron chi connectivity index (χ3n) is 6.09. The van der Waals surface area contributed by atoms with Gasteiger partial charge in [0.1, 0.15) is 11.8 Å². The first-order valence-electron chi connectivity index (χ1n) is 12.2. The number of nitrogens with zero attached hydrogens (tertiary/aromatic N) is 1. The number of methoxy groups -OCH3 is 2. The van der Waals surface area contributed by atoms with E-state index in [4.69, 9.17) is 14.2 Å². The van der Waals surface area contributed by atoms with Gasteiger partial charge >= 0.3 is 11.9 Å². The number of unbranched alkanes of at least 4 members (excludes halogenated alkanes) is 1. The molecular formula is C26H38N2O7. The van der Waals surface area contributed by atoms with E-state index in [0.717, 1.165) is 18.4 Å². The van der Waals surface area contributed by atoms with Gasteiger partial charge in [-0.15, -0.1) is 0 Å². The molecule has 194 valence electrons. The number of para-hydroxylation sites is 1. The highest BCUT2D eigenvalue weighted by Crippen LogP contribution is 2.41. The number of likely N-dealkylation sites (tertiary alicyclic amines) is 1. The topological polar surface area (TPSA) is 111 Å². The average Bonchev–Trinajstić information content (AvgIpc) is 2.85. The Morgan fingerprint density at radius 1 is 1.17 bits per heavy atom. The molecular weight excluding hydrogens is 452 g/mol. The summed E-state index contributed by atoms with van der Waals surface area (Å²) in [5.41, 5.74) is 0.730. The SMILES string of the molecule is CCCCN1C(=O)CCC(C(=O)OCC(=O)NC(CC(C)C)C(=O)OC)C1c1ccccc1OC. The number of hydrogen-bond acceptors (Lipinski definition) is 7. The lowest BCUT2D eigenvalue weighted by Crippen LogP contribution is -2.47. The molecule has 0 aromatic heterocycles. The Balaban J connectivity index is 2.19. The first-order chi connectivity index (χ1) is 16.7. The molecule has 1 aliphatic rings. The van der Waals surface area contributed by atoms with Gasteiger partial charge in [-0.1, -0.05) is 45.4 Å². The van der Waals surface area contributed by atoms with Crippen LogP contribution in [0, 0.1) is 11.8 Å². The van der Waals surface area contributed by atoms with Crippen LogP contribution in [0.2, 0.25) is 0 Å². The van der Waals surface area contributed by atoms with Crippen LogP contribution in [0.1, 0.15) is 64.5 Å². The van der Waals surface area contributed by atoms with Crippen LogP contribution in [-0.4, -0.2) is 62.1 Å². The Morgan fingerprint density at radius 3 is 2.51 bits per heavy atom. The van der Waals surface area contributed by atoms with E-state index in [2.05, 4.69) is 5.32 Å². The number of nitrogens with one attached hydrogen (secondary N) is 1. The molecule has 0 bridgehead atoms. The van der Waals surface area contributed by atoms with Crippen LogP contribution in [0.15, 0.2) is 24.3 Å². The standard InChI is InChI=1S/C26H38N2O7/c1-6-7-14-28-23(30)13-12-19(24(28)18-10-8-9-11-21(18)33-4)25(31)35-16-22(29)27-20(15-17(2)3)26(32)34-5/h8-11,17,19-20,24H,6-7,12-16H2,1-5H3,(H,27,29). The minimum atomic E-state index is -0.815. The van der Waals surface area contributed by atoms with E-state index in [1.54, 1.807) is 18.1 Å². The van der Waals surface area contributed by atoms with Crippen LogP contribution >= 0.6 is 0 Å². The number of carbonyl (C=O) groups is 4. The van der Waals surface area contributed by atoms with Gasteiger partial charge in [-0.3, -0.25) is 14.4 Å². The second kappa shape index (κ2) is 13.7. The van der Waals surface area contributed by atoms with E-state index in [1.165, 1.54) is 7.11 Å². The van der Waals surface area contributed by atoms with Crippen molar-refractivity contribution in [3.63, 3.8) is 0 Å². The smallest absolute Gasteiger partial charge is 0.328 e. The number of rotatable bonds is 12. The van der Waals surface area contributed by atoms with Gasteiger partial charge in [0.05, 0.1) is 26.2 Å². The van der Waals surface area contributed by atoms with Crippen molar-refractivity contribution in [1.82, 2.24) is 10.2 Å². The second-order valence-corrected chi connectivity index (χ2v) is 9.15. The fourth-order valence-corrected chi connectivity index (χ4v) is 4.39. The van der Waals surface area contributed by atoms with E-state index in [-0.39, 0.29) is 18.2 Å². The Hall–Kier alpha value is -3.10. The van der Waals surface area contributed by atoms with Crippen molar-refractivity contribution < 1.29 is 33.4 Å². The minimum absolute atomic E-state index is 0.0224. The highest BCUT2D eigenvalue weighted by atomic mass is 16.5. The summed E-state index contributed by atoms with van der Waals surface area (Å²) in [6.45, 7) is 5.88. The summed E-state index contributed by atoms with van der Waals surface area (Å²) in [5, 5.41) is 2.59. The van der Waals surface area contributed by atoms with Gasteiger partial charge in [0.15, 0.2) is 6.61 Å². The molecule has 1 N–H and O–H groups in total. The summed E-state index contributed by atoms with van der Waals surface area (Å²) >= 11 is 0. The van der Waals surface area contributed by atoms with Crippen molar-refractivity contribution in [2.24, 2.45) is 11.8 Å². The first kappa shape index (κ1) is 28.1. The van der Waals surface area contributed by atoms with Crippen molar-refractivity contribution in [3.05, 3.63) is 29.8 Å². The first-order valence-corrected chi connectivity index (χ1v) is 12.2. The van der Waals surface area contributed by atoms with Crippen LogP contribution < -0.4 is 10.1 Å². The molecule has 1 fully saturated rings. The third kappa shape index (κ3) is 7.70. The number of amides is 2. The lowest BCUT2D eigenvalue weighted by atomic mass is 9.83. The number of ether oxygens (including phenoxy) is 3. The van der Waals surface area contributed by atoms with Crippen LogP contribution in [-0.2, 0) is 28.7 Å². The van der Waals surface area contributed by atoms with Gasteiger partial charge in [-0.2, -0.15) is 0 Å². The van der Waals surface area contributed by atoms with Crippen LogP contribution in [0.25, 0.3) is 0 Å². The van der Waals surface area contributed by atoms with Crippen molar-refractivity contribution in [3.8, 4) is 5.75 Å². The number of benzene rings is 1. The molecule has 3 atom stereocenters. The molecule has 1 aromatic carbocycles. The largest absolute Gasteiger partial charge is 0.496 e. The zero-order chi connectivity index (χ0) is 26.0. The van der Waals surface area contributed by atoms with E-state index in [9.17, 15) is 19.2 Å². The summed E-state index contributed by atoms with van der Waals surface area (Å²) in [5.74, 6) is -1.64. The number of hydrogen-bond donors (Lipinski definition) is 1. The van der Waals surface area contributed by atoms with Gasteiger partial charge in [0, 0.05) is 18.5 Å². The molecule has 0 spiro atoms. The number of piperidine rings is 1. The Bertz CT molecular complexity index is 886. The highest BCUT2D eigenvalue weighted by Gasteiger charge is 2.42. The van der Waals surface area contributed by atoms with Crippen molar-refractivity contribution >= 4 is 23.8 Å². The molecule has 1 saturated heterocycles.